The molecule has 0 aromatic heterocycles. The highest BCUT2D eigenvalue weighted by Crippen LogP contribution is 2.16. The van der Waals surface area contributed by atoms with Crippen LogP contribution in [0.15, 0.2) is 12.1 Å². The monoisotopic (exact) mass is 210 g/mol. The first-order valence-electron chi connectivity index (χ1n) is 4.52. The molecule has 0 amide bonds. The van der Waals surface area contributed by atoms with Crippen molar-refractivity contribution >= 4 is 12.3 Å². The van der Waals surface area contributed by atoms with Gasteiger partial charge in [0.05, 0.1) is 5.56 Å². The molecule has 1 aromatic rings. The maximum absolute atomic E-state index is 13.3. The fourth-order valence-corrected chi connectivity index (χ4v) is 1.35. The number of benzene rings is 1. The third kappa shape index (κ3) is 2.62. The number of aryl methyl sites for hydroxylation is 2. The number of carbonyl (C=O) groups excluding carboxylic acids is 1. The van der Waals surface area contributed by atoms with E-state index < -0.39 is 11.8 Å². The molecule has 0 unspecified atom stereocenters. The van der Waals surface area contributed by atoms with Gasteiger partial charge in [0, 0.05) is 6.42 Å². The molecule has 0 saturated heterocycles. The Bertz CT molecular complexity index is 399. The summed E-state index contributed by atoms with van der Waals surface area (Å²) in [6.45, 7) is 1.54. The Morgan fingerprint density at radius 2 is 2.20 bits per heavy atom. The highest BCUT2D eigenvalue weighted by molar-refractivity contribution is 5.89. The summed E-state index contributed by atoms with van der Waals surface area (Å²) in [4.78, 5) is 20.9. The first-order valence-corrected chi connectivity index (χ1v) is 4.52. The molecule has 4 heteroatoms. The number of carbonyl (C=O) groups is 2. The normalized spacial score (nSPS) is 10.0. The Labute approximate surface area is 86.5 Å². The molecule has 3 nitrogen and oxygen atoms in total. The van der Waals surface area contributed by atoms with Gasteiger partial charge in [-0.05, 0) is 36.6 Å². The van der Waals surface area contributed by atoms with Gasteiger partial charge in [0.25, 0.3) is 0 Å². The van der Waals surface area contributed by atoms with E-state index in [2.05, 4.69) is 0 Å². The molecule has 0 aliphatic carbocycles. The van der Waals surface area contributed by atoms with E-state index in [-0.39, 0.29) is 24.0 Å². The average molecular weight is 210 g/mol. The number of aldehydes is 1. The summed E-state index contributed by atoms with van der Waals surface area (Å²) < 4.78 is 13.3. The SMILES string of the molecule is Cc1cc(F)c(CCC=O)cc1C(=O)O. The molecule has 1 aromatic carbocycles. The van der Waals surface area contributed by atoms with Crippen molar-refractivity contribution in [1.82, 2.24) is 0 Å². The number of aromatic carboxylic acids is 1. The zero-order chi connectivity index (χ0) is 11.4. The van der Waals surface area contributed by atoms with Crippen molar-refractivity contribution in [1.29, 1.82) is 0 Å². The second-order valence-corrected chi connectivity index (χ2v) is 3.27. The molecule has 0 atom stereocenters. The van der Waals surface area contributed by atoms with E-state index in [0.29, 0.717) is 11.8 Å². The van der Waals surface area contributed by atoms with Gasteiger partial charge >= 0.3 is 5.97 Å². The Balaban J connectivity index is 3.11. The predicted octanol–water partition coefficient (Wildman–Crippen LogP) is 1.96. The first-order chi connectivity index (χ1) is 7.06. The zero-order valence-corrected chi connectivity index (χ0v) is 8.29. The Morgan fingerprint density at radius 1 is 1.53 bits per heavy atom. The molecule has 0 bridgehead atoms. The topological polar surface area (TPSA) is 54.4 Å². The summed E-state index contributed by atoms with van der Waals surface area (Å²) in [5.41, 5.74) is 0.734. The van der Waals surface area contributed by atoms with Crippen LogP contribution in [-0.2, 0) is 11.2 Å². The van der Waals surface area contributed by atoms with Crippen LogP contribution in [0.1, 0.15) is 27.9 Å². The van der Waals surface area contributed by atoms with Gasteiger partial charge in [-0.2, -0.15) is 0 Å². The summed E-state index contributed by atoms with van der Waals surface area (Å²) in [6, 6.07) is 2.47. The fraction of sp³-hybridized carbons (Fsp3) is 0.273. The van der Waals surface area contributed by atoms with Crippen LogP contribution >= 0.6 is 0 Å². The van der Waals surface area contributed by atoms with Crippen molar-refractivity contribution in [2.45, 2.75) is 19.8 Å². The highest BCUT2D eigenvalue weighted by atomic mass is 19.1. The average Bonchev–Trinajstić information content (AvgIpc) is 2.16. The van der Waals surface area contributed by atoms with Crippen LogP contribution in [-0.4, -0.2) is 17.4 Å². The molecule has 1 rings (SSSR count). The first kappa shape index (κ1) is 11.4. The van der Waals surface area contributed by atoms with Gasteiger partial charge in [0.2, 0.25) is 0 Å². The van der Waals surface area contributed by atoms with Gasteiger partial charge in [-0.25, -0.2) is 9.18 Å². The summed E-state index contributed by atoms with van der Waals surface area (Å²) in [5.74, 6) is -1.54. The summed E-state index contributed by atoms with van der Waals surface area (Å²) in [6.07, 6.45) is 1.11. The van der Waals surface area contributed by atoms with Crippen LogP contribution in [0.4, 0.5) is 4.39 Å². The van der Waals surface area contributed by atoms with E-state index in [9.17, 15) is 14.0 Å². The van der Waals surface area contributed by atoms with E-state index >= 15 is 0 Å². The lowest BCUT2D eigenvalue weighted by atomic mass is 10.0. The van der Waals surface area contributed by atoms with Crippen molar-refractivity contribution in [3.05, 3.63) is 34.6 Å². The van der Waals surface area contributed by atoms with Crippen molar-refractivity contribution in [3.63, 3.8) is 0 Å². The van der Waals surface area contributed by atoms with E-state index in [0.717, 1.165) is 0 Å². The van der Waals surface area contributed by atoms with Crippen LogP contribution < -0.4 is 0 Å². The van der Waals surface area contributed by atoms with E-state index in [1.54, 1.807) is 0 Å². The van der Waals surface area contributed by atoms with Crippen LogP contribution in [0.25, 0.3) is 0 Å². The molecule has 15 heavy (non-hydrogen) atoms. The zero-order valence-electron chi connectivity index (χ0n) is 8.29. The number of rotatable bonds is 4. The minimum atomic E-state index is -1.08. The number of halogens is 1. The molecule has 80 valence electrons. The molecule has 0 spiro atoms. The maximum atomic E-state index is 13.3. The van der Waals surface area contributed by atoms with Crippen molar-refractivity contribution in [3.8, 4) is 0 Å². The van der Waals surface area contributed by atoms with Gasteiger partial charge in [-0.15, -0.1) is 0 Å². The quantitative estimate of drug-likeness (QED) is 0.773. The number of hydrogen-bond acceptors (Lipinski definition) is 2. The third-order valence-electron chi connectivity index (χ3n) is 2.16. The molecule has 1 N–H and O–H groups in total. The second-order valence-electron chi connectivity index (χ2n) is 3.27. The van der Waals surface area contributed by atoms with Crippen LogP contribution in [0.5, 0.6) is 0 Å². The molecule has 0 saturated carbocycles. The molecule has 0 radical (unpaired) electrons. The minimum Gasteiger partial charge on any atom is -0.478 e. The second kappa shape index (κ2) is 4.68. The lowest BCUT2D eigenvalue weighted by Crippen LogP contribution is -2.03. The van der Waals surface area contributed by atoms with Crippen LogP contribution in [0.3, 0.4) is 0 Å². The molecular formula is C11H11FO3. The smallest absolute Gasteiger partial charge is 0.335 e. The summed E-state index contributed by atoms with van der Waals surface area (Å²) in [7, 11) is 0. The highest BCUT2D eigenvalue weighted by Gasteiger charge is 2.11. The third-order valence-corrected chi connectivity index (χ3v) is 2.16. The number of hydrogen-bond donors (Lipinski definition) is 1. The van der Waals surface area contributed by atoms with Gasteiger partial charge < -0.3 is 9.90 Å². The van der Waals surface area contributed by atoms with Gasteiger partial charge in [-0.1, -0.05) is 0 Å². The van der Waals surface area contributed by atoms with E-state index in [1.807, 2.05) is 0 Å². The molecule has 0 aliphatic heterocycles. The molecular weight excluding hydrogens is 199 g/mol. The molecule has 0 fully saturated rings. The lowest BCUT2D eigenvalue weighted by molar-refractivity contribution is -0.107. The van der Waals surface area contributed by atoms with Crippen molar-refractivity contribution in [2.75, 3.05) is 0 Å². The fourth-order valence-electron chi connectivity index (χ4n) is 1.35. The maximum Gasteiger partial charge on any atom is 0.335 e. The van der Waals surface area contributed by atoms with Gasteiger partial charge in [-0.3, -0.25) is 0 Å². The minimum absolute atomic E-state index is 0.0808. The van der Waals surface area contributed by atoms with E-state index in [4.69, 9.17) is 5.11 Å². The molecule has 0 heterocycles. The Morgan fingerprint density at radius 3 is 2.73 bits per heavy atom. The van der Waals surface area contributed by atoms with Gasteiger partial charge in [0.1, 0.15) is 12.1 Å². The van der Waals surface area contributed by atoms with Crippen molar-refractivity contribution < 1.29 is 19.1 Å². The number of carboxylic acids is 1. The largest absolute Gasteiger partial charge is 0.478 e. The molecule has 0 aliphatic rings. The summed E-state index contributed by atoms with van der Waals surface area (Å²) >= 11 is 0. The predicted molar refractivity (Wildman–Crippen MR) is 52.5 cm³/mol. The Kier molecular flexibility index (Phi) is 3.55. The van der Waals surface area contributed by atoms with Gasteiger partial charge in [0.15, 0.2) is 0 Å². The number of carboxylic acid groups (broad SMARTS) is 1. The van der Waals surface area contributed by atoms with Crippen LogP contribution in [0.2, 0.25) is 0 Å². The van der Waals surface area contributed by atoms with Crippen LogP contribution in [0, 0.1) is 12.7 Å². The summed E-state index contributed by atoms with van der Waals surface area (Å²) in [5, 5.41) is 8.81. The lowest BCUT2D eigenvalue weighted by Gasteiger charge is -2.05. The van der Waals surface area contributed by atoms with E-state index in [1.165, 1.54) is 19.1 Å². The van der Waals surface area contributed by atoms with Crippen molar-refractivity contribution in [2.24, 2.45) is 0 Å². The Hall–Kier alpha value is -1.71. The standard InChI is InChI=1S/C11H11FO3/c1-7-5-10(12)8(3-2-4-13)6-9(7)11(14)15/h4-6H,2-3H2,1H3,(H,14,15).